The predicted octanol–water partition coefficient (Wildman–Crippen LogP) is 1.15. The number of aliphatic hydroxyl groups is 1. The van der Waals surface area contributed by atoms with Crippen molar-refractivity contribution in [2.24, 2.45) is 11.8 Å². The molecule has 2 heterocycles. The van der Waals surface area contributed by atoms with Gasteiger partial charge >= 0.3 is 6.03 Å². The highest BCUT2D eigenvalue weighted by Gasteiger charge is 2.43. The standard InChI is InChI=1S/C16H28N2O4S/c19-15(17-11-13-4-9-23(21,22)10-5-13)18-8-7-16(20)6-2-1-3-14(16)12-18/h13-14,20H,1-12H2,(H,17,19). The van der Waals surface area contributed by atoms with Crippen LogP contribution in [-0.2, 0) is 9.84 Å². The summed E-state index contributed by atoms with van der Waals surface area (Å²) >= 11 is 0. The quantitative estimate of drug-likeness (QED) is 0.787. The highest BCUT2D eigenvalue weighted by atomic mass is 32.2. The summed E-state index contributed by atoms with van der Waals surface area (Å²) in [7, 11) is -2.85. The fourth-order valence-electron chi connectivity index (χ4n) is 4.24. The van der Waals surface area contributed by atoms with E-state index in [0.717, 1.165) is 25.7 Å². The van der Waals surface area contributed by atoms with Crippen LogP contribution < -0.4 is 5.32 Å². The molecule has 3 fully saturated rings. The third-order valence-corrected chi connectivity index (χ3v) is 7.65. The van der Waals surface area contributed by atoms with Gasteiger partial charge in [-0.1, -0.05) is 12.8 Å². The molecule has 1 aliphatic carbocycles. The molecule has 7 heteroatoms. The number of hydrogen-bond donors (Lipinski definition) is 2. The van der Waals surface area contributed by atoms with Crippen LogP contribution >= 0.6 is 0 Å². The van der Waals surface area contributed by atoms with Crippen LogP contribution in [0.5, 0.6) is 0 Å². The van der Waals surface area contributed by atoms with E-state index < -0.39 is 15.4 Å². The Balaban J connectivity index is 1.46. The molecule has 2 unspecified atom stereocenters. The average Bonchev–Trinajstić information content (AvgIpc) is 2.52. The van der Waals surface area contributed by atoms with E-state index in [4.69, 9.17) is 0 Å². The number of nitrogens with one attached hydrogen (secondary N) is 1. The van der Waals surface area contributed by atoms with Crippen molar-refractivity contribution in [1.29, 1.82) is 0 Å². The van der Waals surface area contributed by atoms with Gasteiger partial charge in [0, 0.05) is 25.6 Å². The first-order chi connectivity index (χ1) is 10.9. The van der Waals surface area contributed by atoms with Gasteiger partial charge in [0.1, 0.15) is 9.84 Å². The molecule has 1 saturated carbocycles. The number of hydrogen-bond acceptors (Lipinski definition) is 4. The van der Waals surface area contributed by atoms with E-state index in [-0.39, 0.29) is 29.4 Å². The zero-order valence-electron chi connectivity index (χ0n) is 13.7. The van der Waals surface area contributed by atoms with Crippen LogP contribution in [0.4, 0.5) is 4.79 Å². The Kier molecular flexibility index (Phi) is 4.88. The molecule has 2 amide bonds. The van der Waals surface area contributed by atoms with E-state index in [1.54, 1.807) is 0 Å². The lowest BCUT2D eigenvalue weighted by molar-refractivity contribution is -0.0870. The maximum atomic E-state index is 12.4. The SMILES string of the molecule is O=C(NCC1CCS(=O)(=O)CC1)N1CCC2(O)CCCCC2C1. The number of fused-ring (bicyclic) bond motifs is 1. The van der Waals surface area contributed by atoms with Crippen molar-refractivity contribution in [3.05, 3.63) is 0 Å². The van der Waals surface area contributed by atoms with Gasteiger partial charge in [-0.15, -0.1) is 0 Å². The molecule has 0 aromatic heterocycles. The first-order valence-corrected chi connectivity index (χ1v) is 10.7. The van der Waals surface area contributed by atoms with E-state index in [9.17, 15) is 18.3 Å². The fourth-order valence-corrected chi connectivity index (χ4v) is 5.83. The highest BCUT2D eigenvalue weighted by molar-refractivity contribution is 7.91. The molecule has 0 bridgehead atoms. The number of rotatable bonds is 2. The number of sulfone groups is 1. The normalized spacial score (nSPS) is 34.7. The third-order valence-electron chi connectivity index (χ3n) is 5.93. The largest absolute Gasteiger partial charge is 0.389 e. The van der Waals surface area contributed by atoms with Crippen LogP contribution in [0.1, 0.15) is 44.9 Å². The Bertz CT molecular complexity index is 536. The van der Waals surface area contributed by atoms with E-state index >= 15 is 0 Å². The molecule has 6 nitrogen and oxygen atoms in total. The molecule has 0 spiro atoms. The van der Waals surface area contributed by atoms with Crippen molar-refractivity contribution in [1.82, 2.24) is 10.2 Å². The van der Waals surface area contributed by atoms with E-state index in [0.29, 0.717) is 38.9 Å². The lowest BCUT2D eigenvalue weighted by Crippen LogP contribution is -2.56. The molecule has 0 aromatic carbocycles. The minimum atomic E-state index is -2.85. The molecule has 2 saturated heterocycles. The molecule has 23 heavy (non-hydrogen) atoms. The summed E-state index contributed by atoms with van der Waals surface area (Å²) in [5.74, 6) is 0.952. The maximum Gasteiger partial charge on any atom is 0.317 e. The van der Waals surface area contributed by atoms with Gasteiger partial charge in [0.15, 0.2) is 0 Å². The second kappa shape index (κ2) is 6.59. The second-order valence-corrected chi connectivity index (χ2v) is 9.83. The molecule has 2 N–H and O–H groups in total. The molecular weight excluding hydrogens is 316 g/mol. The smallest absolute Gasteiger partial charge is 0.317 e. The molecule has 2 aliphatic heterocycles. The average molecular weight is 344 g/mol. The monoisotopic (exact) mass is 344 g/mol. The van der Waals surface area contributed by atoms with Gasteiger partial charge < -0.3 is 15.3 Å². The summed E-state index contributed by atoms with van der Waals surface area (Å²) in [6.07, 6.45) is 6.05. The molecule has 3 rings (SSSR count). The van der Waals surface area contributed by atoms with Crippen LogP contribution in [0, 0.1) is 11.8 Å². The van der Waals surface area contributed by atoms with Gasteiger partial charge in [0.05, 0.1) is 17.1 Å². The van der Waals surface area contributed by atoms with Crippen molar-refractivity contribution in [3.8, 4) is 0 Å². The first kappa shape index (κ1) is 17.0. The summed E-state index contributed by atoms with van der Waals surface area (Å²) in [5.41, 5.74) is -0.563. The zero-order valence-corrected chi connectivity index (χ0v) is 14.5. The number of carbonyl (C=O) groups is 1. The molecule has 0 radical (unpaired) electrons. The Morgan fingerprint density at radius 1 is 1.17 bits per heavy atom. The van der Waals surface area contributed by atoms with E-state index in [1.807, 2.05) is 4.90 Å². The minimum absolute atomic E-state index is 0.0638. The Morgan fingerprint density at radius 3 is 2.65 bits per heavy atom. The summed E-state index contributed by atoms with van der Waals surface area (Å²) in [6, 6.07) is -0.0638. The van der Waals surface area contributed by atoms with Crippen LogP contribution in [0.25, 0.3) is 0 Å². The molecule has 0 aromatic rings. The van der Waals surface area contributed by atoms with Crippen molar-refractivity contribution in [2.45, 2.75) is 50.5 Å². The molecule has 2 atom stereocenters. The highest BCUT2D eigenvalue weighted by Crippen LogP contribution is 2.39. The van der Waals surface area contributed by atoms with Crippen LogP contribution in [0.2, 0.25) is 0 Å². The van der Waals surface area contributed by atoms with Gasteiger partial charge in [0.2, 0.25) is 0 Å². The third kappa shape index (κ3) is 3.99. The van der Waals surface area contributed by atoms with Crippen molar-refractivity contribution in [2.75, 3.05) is 31.1 Å². The Morgan fingerprint density at radius 2 is 1.91 bits per heavy atom. The number of nitrogens with zero attached hydrogens (tertiary/aromatic N) is 1. The fraction of sp³-hybridized carbons (Fsp3) is 0.938. The van der Waals surface area contributed by atoms with Crippen molar-refractivity contribution < 1.29 is 18.3 Å². The molecule has 3 aliphatic rings. The Labute approximate surface area is 138 Å². The van der Waals surface area contributed by atoms with Gasteiger partial charge in [-0.2, -0.15) is 0 Å². The lowest BCUT2D eigenvalue weighted by atomic mass is 9.71. The zero-order chi connectivity index (χ0) is 16.5. The van der Waals surface area contributed by atoms with Crippen molar-refractivity contribution >= 4 is 15.9 Å². The lowest BCUT2D eigenvalue weighted by Gasteiger charge is -2.47. The summed E-state index contributed by atoms with van der Waals surface area (Å²) in [6.45, 7) is 1.80. The summed E-state index contributed by atoms with van der Waals surface area (Å²) < 4.78 is 22.9. The number of carbonyl (C=O) groups excluding carboxylic acids is 1. The number of urea groups is 1. The number of likely N-dealkylation sites (tertiary alicyclic amines) is 1. The first-order valence-electron chi connectivity index (χ1n) is 8.84. The van der Waals surface area contributed by atoms with Crippen LogP contribution in [0.3, 0.4) is 0 Å². The topological polar surface area (TPSA) is 86.7 Å². The van der Waals surface area contributed by atoms with Crippen LogP contribution in [-0.4, -0.2) is 61.2 Å². The molecule has 132 valence electrons. The van der Waals surface area contributed by atoms with Gasteiger partial charge in [-0.05, 0) is 38.0 Å². The number of piperidine rings is 1. The second-order valence-electron chi connectivity index (χ2n) is 7.52. The minimum Gasteiger partial charge on any atom is -0.389 e. The number of amides is 2. The van der Waals surface area contributed by atoms with E-state index in [2.05, 4.69) is 5.32 Å². The van der Waals surface area contributed by atoms with Crippen molar-refractivity contribution in [3.63, 3.8) is 0 Å². The Hall–Kier alpha value is -0.820. The summed E-state index contributed by atoms with van der Waals surface area (Å²) in [5, 5.41) is 13.6. The van der Waals surface area contributed by atoms with Gasteiger partial charge in [-0.3, -0.25) is 0 Å². The predicted molar refractivity (Wildman–Crippen MR) is 87.9 cm³/mol. The molecular formula is C16H28N2O4S. The van der Waals surface area contributed by atoms with Crippen LogP contribution in [0.15, 0.2) is 0 Å². The van der Waals surface area contributed by atoms with E-state index in [1.165, 1.54) is 0 Å². The van der Waals surface area contributed by atoms with Gasteiger partial charge in [-0.25, -0.2) is 13.2 Å². The van der Waals surface area contributed by atoms with Gasteiger partial charge in [0.25, 0.3) is 0 Å². The maximum absolute atomic E-state index is 12.4. The summed E-state index contributed by atoms with van der Waals surface area (Å²) in [4.78, 5) is 14.2.